The summed E-state index contributed by atoms with van der Waals surface area (Å²) in [6.07, 6.45) is 8.41. The van der Waals surface area contributed by atoms with Crippen molar-refractivity contribution in [3.05, 3.63) is 40.6 Å². The Bertz CT molecular complexity index is 974. The molecule has 0 saturated heterocycles. The topological polar surface area (TPSA) is 59.2 Å². The van der Waals surface area contributed by atoms with Crippen LogP contribution in [0, 0.1) is 6.92 Å². The molecular weight excluding hydrogens is 402 g/mol. The quantitative estimate of drug-likeness (QED) is 0.461. The molecule has 0 spiro atoms. The molecule has 2 heterocycles. The molecule has 0 N–H and O–H groups in total. The smallest absolute Gasteiger partial charge is 0.289 e. The Hall–Kier alpha value is -1.86. The van der Waals surface area contributed by atoms with Gasteiger partial charge in [-0.3, -0.25) is 4.79 Å². The molecule has 154 valence electrons. The van der Waals surface area contributed by atoms with Crippen molar-refractivity contribution in [2.45, 2.75) is 68.0 Å². The van der Waals surface area contributed by atoms with Crippen LogP contribution in [-0.2, 0) is 5.75 Å². The molecule has 1 saturated carbocycles. The lowest BCUT2D eigenvalue weighted by molar-refractivity contribution is 0.0676. The maximum atomic E-state index is 13.4. The number of aryl methyl sites for hydroxylation is 1. The maximum Gasteiger partial charge on any atom is 0.289 e. The van der Waals surface area contributed by atoms with Gasteiger partial charge < -0.3 is 9.32 Å². The number of furan rings is 1. The molecule has 1 aliphatic rings. The van der Waals surface area contributed by atoms with Crippen LogP contribution in [0.1, 0.15) is 66.1 Å². The maximum absolute atomic E-state index is 13.4. The van der Waals surface area contributed by atoms with E-state index in [1.807, 2.05) is 43.1 Å². The van der Waals surface area contributed by atoms with Crippen LogP contribution in [0.25, 0.3) is 11.0 Å². The van der Waals surface area contributed by atoms with E-state index in [-0.39, 0.29) is 5.91 Å². The van der Waals surface area contributed by atoms with Gasteiger partial charge in [0.15, 0.2) is 10.1 Å². The molecule has 1 aliphatic carbocycles. The second-order valence-corrected chi connectivity index (χ2v) is 10.1. The zero-order chi connectivity index (χ0) is 20.2. The van der Waals surface area contributed by atoms with E-state index in [0.29, 0.717) is 17.6 Å². The third kappa shape index (κ3) is 4.67. The molecule has 0 radical (unpaired) electrons. The largest absolute Gasteiger partial charge is 0.451 e. The van der Waals surface area contributed by atoms with Crippen molar-refractivity contribution in [1.29, 1.82) is 0 Å². The van der Waals surface area contributed by atoms with Gasteiger partial charge in [-0.1, -0.05) is 73.4 Å². The number of hydrogen-bond donors (Lipinski definition) is 0. The Morgan fingerprint density at radius 2 is 1.90 bits per heavy atom. The van der Waals surface area contributed by atoms with Crippen molar-refractivity contribution in [1.82, 2.24) is 15.1 Å². The van der Waals surface area contributed by atoms with Crippen LogP contribution in [0.3, 0.4) is 0 Å². The molecule has 3 aromatic rings. The first-order valence-electron chi connectivity index (χ1n) is 10.3. The zero-order valence-corrected chi connectivity index (χ0v) is 18.7. The highest BCUT2D eigenvalue weighted by Crippen LogP contribution is 2.34. The lowest BCUT2D eigenvalue weighted by Gasteiger charge is -2.29. The first-order chi connectivity index (χ1) is 14.1. The van der Waals surface area contributed by atoms with E-state index in [1.54, 1.807) is 23.1 Å². The number of rotatable bonds is 5. The fourth-order valence-electron chi connectivity index (χ4n) is 4.03. The van der Waals surface area contributed by atoms with Crippen LogP contribution in [0.4, 0.5) is 0 Å². The molecule has 2 aromatic heterocycles. The van der Waals surface area contributed by atoms with Crippen LogP contribution in [-0.4, -0.2) is 34.1 Å². The van der Waals surface area contributed by atoms with Gasteiger partial charge in [-0.15, -0.1) is 10.2 Å². The number of fused-ring (bicyclic) bond motifs is 1. The van der Waals surface area contributed by atoms with Crippen LogP contribution in [0.5, 0.6) is 0 Å². The highest BCUT2D eigenvalue weighted by Gasteiger charge is 2.28. The molecule has 29 heavy (non-hydrogen) atoms. The van der Waals surface area contributed by atoms with E-state index >= 15 is 0 Å². The number of aromatic nitrogens is 2. The predicted octanol–water partition coefficient (Wildman–Crippen LogP) is 6.07. The van der Waals surface area contributed by atoms with Gasteiger partial charge in [0, 0.05) is 29.8 Å². The van der Waals surface area contributed by atoms with Gasteiger partial charge in [0.1, 0.15) is 10.6 Å². The van der Waals surface area contributed by atoms with Gasteiger partial charge in [-0.05, 0) is 25.8 Å². The summed E-state index contributed by atoms with van der Waals surface area (Å²) in [5.74, 6) is 1.12. The normalized spacial score (nSPS) is 15.9. The summed E-state index contributed by atoms with van der Waals surface area (Å²) < 4.78 is 7.00. The lowest BCUT2D eigenvalue weighted by Crippen LogP contribution is -2.37. The molecule has 0 atom stereocenters. The van der Waals surface area contributed by atoms with E-state index in [0.717, 1.165) is 38.7 Å². The summed E-state index contributed by atoms with van der Waals surface area (Å²) in [7, 11) is 1.94. The number of hydrogen-bond acceptors (Lipinski definition) is 6. The Balaban J connectivity index is 1.60. The van der Waals surface area contributed by atoms with Crippen LogP contribution in [0.15, 0.2) is 33.0 Å². The van der Waals surface area contributed by atoms with Gasteiger partial charge in [0.2, 0.25) is 0 Å². The summed E-state index contributed by atoms with van der Waals surface area (Å²) in [4.78, 5) is 15.4. The van der Waals surface area contributed by atoms with Crippen molar-refractivity contribution in [3.63, 3.8) is 0 Å². The number of thioether (sulfide) groups is 1. The predicted molar refractivity (Wildman–Crippen MR) is 119 cm³/mol. The number of benzene rings is 1. The van der Waals surface area contributed by atoms with Crippen molar-refractivity contribution < 1.29 is 9.21 Å². The average molecular weight is 430 g/mol. The minimum Gasteiger partial charge on any atom is -0.451 e. The molecule has 5 nitrogen and oxygen atoms in total. The number of amides is 1. The zero-order valence-electron chi connectivity index (χ0n) is 17.0. The van der Waals surface area contributed by atoms with Crippen molar-refractivity contribution >= 4 is 40.0 Å². The Morgan fingerprint density at radius 3 is 2.62 bits per heavy atom. The van der Waals surface area contributed by atoms with Gasteiger partial charge >= 0.3 is 0 Å². The van der Waals surface area contributed by atoms with Gasteiger partial charge in [0.05, 0.1) is 0 Å². The molecular formula is C22H27N3O2S2. The first-order valence-corrected chi connectivity index (χ1v) is 12.1. The third-order valence-corrected chi connectivity index (χ3v) is 7.68. The van der Waals surface area contributed by atoms with Gasteiger partial charge in [-0.25, -0.2) is 0 Å². The molecule has 0 unspecified atom stereocenters. The minimum atomic E-state index is -0.00387. The summed E-state index contributed by atoms with van der Waals surface area (Å²) >= 11 is 3.19. The Morgan fingerprint density at radius 1 is 1.17 bits per heavy atom. The van der Waals surface area contributed by atoms with Gasteiger partial charge in [-0.2, -0.15) is 0 Å². The minimum absolute atomic E-state index is 0.00387. The summed E-state index contributed by atoms with van der Waals surface area (Å²) in [5, 5.41) is 10.3. The molecule has 0 aliphatic heterocycles. The molecule has 4 rings (SSSR count). The second-order valence-electron chi connectivity index (χ2n) is 7.70. The van der Waals surface area contributed by atoms with E-state index in [1.165, 1.54) is 32.1 Å². The first kappa shape index (κ1) is 20.4. The summed E-state index contributed by atoms with van der Waals surface area (Å²) in [5.41, 5.74) is 1.73. The van der Waals surface area contributed by atoms with Crippen LogP contribution >= 0.6 is 23.1 Å². The number of carbonyl (C=O) groups excluding carboxylic acids is 1. The number of para-hydroxylation sites is 1. The summed E-state index contributed by atoms with van der Waals surface area (Å²) in [6, 6.07) is 8.21. The monoisotopic (exact) mass is 429 g/mol. The molecule has 1 aromatic carbocycles. The Kier molecular flexibility index (Phi) is 6.55. The van der Waals surface area contributed by atoms with Crippen LogP contribution in [0.2, 0.25) is 0 Å². The highest BCUT2D eigenvalue weighted by atomic mass is 32.2. The molecule has 1 fully saturated rings. The Labute approximate surface area is 179 Å². The fourth-order valence-corrected chi connectivity index (χ4v) is 5.88. The van der Waals surface area contributed by atoms with Crippen molar-refractivity contribution in [2.75, 3.05) is 7.05 Å². The SMILES string of the molecule is Cc1nnc(SCc2c(C(=O)N(C)C3CCCCCCC3)oc3ccccc23)s1. The van der Waals surface area contributed by atoms with Crippen LogP contribution < -0.4 is 0 Å². The van der Waals surface area contributed by atoms with E-state index in [4.69, 9.17) is 4.42 Å². The van der Waals surface area contributed by atoms with Crippen molar-refractivity contribution in [2.24, 2.45) is 0 Å². The van der Waals surface area contributed by atoms with E-state index in [2.05, 4.69) is 10.2 Å². The fraction of sp³-hybridized carbons (Fsp3) is 0.500. The van der Waals surface area contributed by atoms with E-state index < -0.39 is 0 Å². The number of carbonyl (C=O) groups is 1. The standard InChI is InChI=1S/C22H27N3O2S2/c1-15-23-24-22(29-15)28-14-18-17-12-8-9-13-19(17)27-20(18)21(26)25(2)16-10-6-4-3-5-7-11-16/h8-9,12-13,16H,3-7,10-11,14H2,1-2H3. The second kappa shape index (κ2) is 9.30. The van der Waals surface area contributed by atoms with Gasteiger partial charge in [0.25, 0.3) is 5.91 Å². The molecule has 1 amide bonds. The average Bonchev–Trinajstić information content (AvgIpc) is 3.28. The highest BCUT2D eigenvalue weighted by molar-refractivity contribution is 8.00. The van der Waals surface area contributed by atoms with Crippen molar-refractivity contribution in [3.8, 4) is 0 Å². The third-order valence-electron chi connectivity index (χ3n) is 5.68. The lowest BCUT2D eigenvalue weighted by atomic mass is 9.95. The molecule has 7 heteroatoms. The molecule has 0 bridgehead atoms. The number of nitrogens with zero attached hydrogens (tertiary/aromatic N) is 3. The summed E-state index contributed by atoms with van der Waals surface area (Å²) in [6.45, 7) is 1.95. The van der Waals surface area contributed by atoms with E-state index in [9.17, 15) is 4.79 Å².